The Labute approximate surface area is 191 Å². The van der Waals surface area contributed by atoms with E-state index in [-0.39, 0.29) is 0 Å². The Morgan fingerprint density at radius 1 is 1.00 bits per heavy atom. The Hall–Kier alpha value is -2.80. The molecule has 0 atom stereocenters. The van der Waals surface area contributed by atoms with Crippen molar-refractivity contribution in [3.63, 3.8) is 0 Å². The molecule has 0 amide bonds. The minimum atomic E-state index is 0.323. The number of allylic oxidation sites excluding steroid dienone is 4. The maximum Gasteiger partial charge on any atom is 0.129 e. The number of ether oxygens (including phenoxy) is 1. The number of piperidine rings is 2. The topological polar surface area (TPSA) is 56.6 Å². The van der Waals surface area contributed by atoms with Gasteiger partial charge in [-0.2, -0.15) is 5.26 Å². The van der Waals surface area contributed by atoms with Gasteiger partial charge in [-0.1, -0.05) is 12.1 Å². The van der Waals surface area contributed by atoms with Crippen molar-refractivity contribution in [3.05, 3.63) is 58.8 Å². The normalized spacial score (nSPS) is 21.1. The lowest BCUT2D eigenvalue weighted by Crippen LogP contribution is -2.41. The first-order chi connectivity index (χ1) is 15.6. The highest BCUT2D eigenvalue weighted by Gasteiger charge is 2.25. The molecule has 0 saturated carbocycles. The molecule has 0 spiro atoms. The van der Waals surface area contributed by atoms with Gasteiger partial charge >= 0.3 is 0 Å². The summed E-state index contributed by atoms with van der Waals surface area (Å²) in [6.07, 6.45) is 8.92. The van der Waals surface area contributed by atoms with Crippen molar-refractivity contribution < 1.29 is 9.53 Å². The van der Waals surface area contributed by atoms with E-state index in [1.54, 1.807) is 6.08 Å². The average Bonchev–Trinajstić information content (AvgIpc) is 2.84. The van der Waals surface area contributed by atoms with E-state index in [0.717, 1.165) is 63.3 Å². The van der Waals surface area contributed by atoms with Crippen molar-refractivity contribution in [1.29, 1.82) is 5.26 Å². The molecule has 1 aromatic carbocycles. The second-order valence-corrected chi connectivity index (χ2v) is 9.38. The van der Waals surface area contributed by atoms with Gasteiger partial charge in [-0.15, -0.1) is 0 Å². The molecule has 3 aliphatic rings. The highest BCUT2D eigenvalue weighted by atomic mass is 16.5. The number of hydrogen-bond donors (Lipinski definition) is 0. The van der Waals surface area contributed by atoms with Crippen LogP contribution in [-0.4, -0.2) is 54.1 Å². The monoisotopic (exact) mass is 431 g/mol. The molecule has 0 radical (unpaired) electrons. The van der Waals surface area contributed by atoms with Gasteiger partial charge in [0.2, 0.25) is 0 Å². The summed E-state index contributed by atoms with van der Waals surface area (Å²) in [6, 6.07) is 11.4. The Bertz CT molecular complexity index is 948. The van der Waals surface area contributed by atoms with Crippen LogP contribution in [-0.2, 0) is 4.79 Å². The molecule has 168 valence electrons. The number of hydrogen-bond acceptors (Lipinski definition) is 5. The van der Waals surface area contributed by atoms with E-state index in [4.69, 9.17) is 10.00 Å². The standard InChI is InChI=1S/C27H33N3O2/c1-20(2)29-15-11-27(12-16-29)32-26-7-4-21(5-8-26)22-9-13-30(14-10-22)25-6-3-23(18-28)24(17-25)19-31/h3-8,20,22,27H,9-17H2,1-2H3. The highest BCUT2D eigenvalue weighted by Crippen LogP contribution is 2.33. The maximum atomic E-state index is 11.2. The lowest BCUT2D eigenvalue weighted by molar-refractivity contribution is 0.0843. The molecule has 1 aromatic rings. The molecule has 4 rings (SSSR count). The Morgan fingerprint density at radius 3 is 2.28 bits per heavy atom. The largest absolute Gasteiger partial charge is 0.490 e. The molecule has 1 aliphatic carbocycles. The van der Waals surface area contributed by atoms with Gasteiger partial charge < -0.3 is 14.5 Å². The molecular weight excluding hydrogens is 398 g/mol. The lowest BCUT2D eigenvalue weighted by Gasteiger charge is -2.36. The minimum Gasteiger partial charge on any atom is -0.490 e. The fraction of sp³-hybridized carbons (Fsp3) is 0.519. The first-order valence-electron chi connectivity index (χ1n) is 11.9. The van der Waals surface area contributed by atoms with Crippen molar-refractivity contribution >= 4 is 5.94 Å². The predicted molar refractivity (Wildman–Crippen MR) is 126 cm³/mol. The Morgan fingerprint density at radius 2 is 1.69 bits per heavy atom. The summed E-state index contributed by atoms with van der Waals surface area (Å²) in [6.45, 7) is 8.69. The van der Waals surface area contributed by atoms with Gasteiger partial charge in [-0.3, -0.25) is 0 Å². The second kappa shape index (κ2) is 10.2. The van der Waals surface area contributed by atoms with Gasteiger partial charge in [0, 0.05) is 44.3 Å². The summed E-state index contributed by atoms with van der Waals surface area (Å²) in [5.41, 5.74) is 3.40. The van der Waals surface area contributed by atoms with Crippen molar-refractivity contribution in [1.82, 2.24) is 9.80 Å². The van der Waals surface area contributed by atoms with Crippen LogP contribution in [0.1, 0.15) is 57.4 Å². The Kier molecular flexibility index (Phi) is 7.15. The molecule has 0 N–H and O–H groups in total. The third-order valence-corrected chi connectivity index (χ3v) is 7.13. The summed E-state index contributed by atoms with van der Waals surface area (Å²) in [5, 5.41) is 9.12. The van der Waals surface area contributed by atoms with E-state index in [1.807, 2.05) is 12.0 Å². The fourth-order valence-electron chi connectivity index (χ4n) is 5.05. The zero-order valence-electron chi connectivity index (χ0n) is 19.2. The molecule has 0 aromatic heterocycles. The van der Waals surface area contributed by atoms with Crippen molar-refractivity contribution in [2.24, 2.45) is 0 Å². The molecular formula is C27H33N3O2. The van der Waals surface area contributed by atoms with Crippen LogP contribution in [0.15, 0.2) is 53.3 Å². The van der Waals surface area contributed by atoms with E-state index in [2.05, 4.69) is 54.0 Å². The highest BCUT2D eigenvalue weighted by molar-refractivity contribution is 5.67. The van der Waals surface area contributed by atoms with Crippen LogP contribution in [0.2, 0.25) is 0 Å². The van der Waals surface area contributed by atoms with Crippen LogP contribution < -0.4 is 4.74 Å². The first kappa shape index (κ1) is 22.4. The molecule has 2 fully saturated rings. The number of carbonyl (C=O) groups excluding carboxylic acids is 1. The maximum absolute atomic E-state index is 11.2. The fourth-order valence-corrected chi connectivity index (χ4v) is 5.05. The van der Waals surface area contributed by atoms with Crippen LogP contribution in [0.4, 0.5) is 0 Å². The smallest absolute Gasteiger partial charge is 0.129 e. The van der Waals surface area contributed by atoms with Gasteiger partial charge in [0.05, 0.1) is 11.1 Å². The number of nitriles is 1. The SMILES string of the molecule is CC(C)N1CCC(Oc2ccc(C3CCN(C4=CC=C(C#N)C(=C=O)C4)CC3)cc2)CC1. The summed E-state index contributed by atoms with van der Waals surface area (Å²) in [5.74, 6) is 3.47. The van der Waals surface area contributed by atoms with E-state index in [9.17, 15) is 4.79 Å². The molecule has 0 bridgehead atoms. The number of benzene rings is 1. The number of rotatable bonds is 5. The summed E-state index contributed by atoms with van der Waals surface area (Å²) in [4.78, 5) is 16.0. The van der Waals surface area contributed by atoms with Crippen LogP contribution >= 0.6 is 0 Å². The van der Waals surface area contributed by atoms with Crippen molar-refractivity contribution in [3.8, 4) is 11.8 Å². The summed E-state index contributed by atoms with van der Waals surface area (Å²) in [7, 11) is 0. The van der Waals surface area contributed by atoms with Crippen LogP contribution in [0.25, 0.3) is 0 Å². The van der Waals surface area contributed by atoms with Gasteiger partial charge in [0.1, 0.15) is 23.9 Å². The predicted octanol–water partition coefficient (Wildman–Crippen LogP) is 4.61. The van der Waals surface area contributed by atoms with Gasteiger partial charge in [0.15, 0.2) is 0 Å². The molecule has 2 saturated heterocycles. The summed E-state index contributed by atoms with van der Waals surface area (Å²) >= 11 is 0. The molecule has 2 heterocycles. The Balaban J connectivity index is 1.28. The third-order valence-electron chi connectivity index (χ3n) is 7.13. The second-order valence-electron chi connectivity index (χ2n) is 9.38. The third kappa shape index (κ3) is 5.15. The van der Waals surface area contributed by atoms with E-state index in [1.165, 1.54) is 5.56 Å². The zero-order chi connectivity index (χ0) is 22.5. The quantitative estimate of drug-likeness (QED) is 0.637. The van der Waals surface area contributed by atoms with Gasteiger partial charge in [-0.05, 0) is 75.3 Å². The van der Waals surface area contributed by atoms with E-state index in [0.29, 0.717) is 35.6 Å². The average molecular weight is 432 g/mol. The van der Waals surface area contributed by atoms with Crippen molar-refractivity contribution in [2.75, 3.05) is 26.2 Å². The molecule has 5 nitrogen and oxygen atoms in total. The lowest BCUT2D eigenvalue weighted by atomic mass is 9.88. The van der Waals surface area contributed by atoms with Gasteiger partial charge in [-0.25, -0.2) is 4.79 Å². The molecule has 2 aliphatic heterocycles. The van der Waals surface area contributed by atoms with Crippen LogP contribution in [0.5, 0.6) is 5.75 Å². The van der Waals surface area contributed by atoms with Crippen LogP contribution in [0, 0.1) is 11.3 Å². The number of likely N-dealkylation sites (tertiary alicyclic amines) is 2. The van der Waals surface area contributed by atoms with Crippen LogP contribution in [0.3, 0.4) is 0 Å². The van der Waals surface area contributed by atoms with E-state index < -0.39 is 0 Å². The minimum absolute atomic E-state index is 0.323. The molecule has 0 unspecified atom stereocenters. The molecule has 5 heteroatoms. The first-order valence-corrected chi connectivity index (χ1v) is 11.9. The van der Waals surface area contributed by atoms with Crippen molar-refractivity contribution in [2.45, 2.75) is 64.0 Å². The van der Waals surface area contributed by atoms with Gasteiger partial charge in [0.25, 0.3) is 0 Å². The zero-order valence-corrected chi connectivity index (χ0v) is 19.2. The summed E-state index contributed by atoms with van der Waals surface area (Å²) < 4.78 is 6.26. The molecule has 32 heavy (non-hydrogen) atoms. The van der Waals surface area contributed by atoms with E-state index >= 15 is 0 Å². The number of nitrogens with zero attached hydrogens (tertiary/aromatic N) is 3.